The number of aryl methyl sites for hydroxylation is 1. The number of fused-ring (bicyclic) bond motifs is 1. The first kappa shape index (κ1) is 38.2. The number of thiazole rings is 1. The lowest BCUT2D eigenvalue weighted by Crippen LogP contribution is -2.54. The summed E-state index contributed by atoms with van der Waals surface area (Å²) < 4.78 is 13.6. The van der Waals surface area contributed by atoms with Crippen LogP contribution in [0, 0.1) is 5.92 Å². The van der Waals surface area contributed by atoms with Gasteiger partial charge in [-0.25, -0.2) is 9.97 Å². The van der Waals surface area contributed by atoms with Gasteiger partial charge in [-0.05, 0) is 56.4 Å². The number of ether oxygens (including phenoxy) is 2. The van der Waals surface area contributed by atoms with Crippen LogP contribution in [-0.4, -0.2) is 85.0 Å². The van der Waals surface area contributed by atoms with E-state index in [0.29, 0.717) is 34.5 Å². The monoisotopic (exact) mass is 783 g/mol. The molecule has 18 heteroatoms. The van der Waals surface area contributed by atoms with Crippen LogP contribution < -0.4 is 25.4 Å². The second-order valence-electron chi connectivity index (χ2n) is 13.8. The number of nitrogens with one attached hydrogen (secondary N) is 3. The highest BCUT2D eigenvalue weighted by Crippen LogP contribution is 2.36. The van der Waals surface area contributed by atoms with Crippen molar-refractivity contribution in [1.29, 1.82) is 0 Å². The molecule has 1 unspecified atom stereocenters. The van der Waals surface area contributed by atoms with Crippen molar-refractivity contribution in [2.45, 2.75) is 83.4 Å². The third-order valence-corrected chi connectivity index (χ3v) is 10.7. The summed E-state index contributed by atoms with van der Waals surface area (Å²) in [5, 5.41) is 16.7. The van der Waals surface area contributed by atoms with Crippen molar-refractivity contribution in [3.63, 3.8) is 0 Å². The predicted molar refractivity (Wildman–Crippen MR) is 201 cm³/mol. The van der Waals surface area contributed by atoms with Crippen molar-refractivity contribution >= 4 is 52.6 Å². The van der Waals surface area contributed by atoms with Gasteiger partial charge in [-0.3, -0.25) is 43.7 Å². The van der Waals surface area contributed by atoms with Gasteiger partial charge in [0.25, 0.3) is 17.7 Å². The lowest BCUT2D eigenvalue weighted by molar-refractivity contribution is -0.136. The van der Waals surface area contributed by atoms with E-state index in [1.165, 1.54) is 17.4 Å². The molecular formula is C38H41N9O8S. The van der Waals surface area contributed by atoms with Crippen molar-refractivity contribution in [3.05, 3.63) is 64.4 Å². The molecule has 6 amide bonds. The van der Waals surface area contributed by atoms with Gasteiger partial charge in [0.05, 0.1) is 23.9 Å². The molecule has 5 heterocycles. The van der Waals surface area contributed by atoms with E-state index >= 15 is 0 Å². The number of unbranched alkanes of at least 4 members (excludes halogenated alkanes) is 5. The molecule has 1 saturated carbocycles. The summed E-state index contributed by atoms with van der Waals surface area (Å²) in [7, 11) is 1.56. The number of hydrogen-bond acceptors (Lipinski definition) is 13. The number of aromatic nitrogens is 5. The summed E-state index contributed by atoms with van der Waals surface area (Å²) in [5.74, 6) is -1.65. The van der Waals surface area contributed by atoms with E-state index in [-0.39, 0.29) is 59.9 Å². The van der Waals surface area contributed by atoms with Gasteiger partial charge in [-0.2, -0.15) is 0 Å². The fourth-order valence-corrected chi connectivity index (χ4v) is 7.47. The lowest BCUT2D eigenvalue weighted by atomic mass is 10.0. The summed E-state index contributed by atoms with van der Waals surface area (Å²) in [6.45, 7) is 1.12. The van der Waals surface area contributed by atoms with E-state index in [0.717, 1.165) is 61.8 Å². The quantitative estimate of drug-likeness (QED) is 0.0968. The fraction of sp³-hybridized carbons (Fsp3) is 0.421. The van der Waals surface area contributed by atoms with E-state index in [9.17, 15) is 28.8 Å². The van der Waals surface area contributed by atoms with E-state index in [2.05, 4.69) is 36.2 Å². The highest BCUT2D eigenvalue weighted by atomic mass is 32.1. The number of anilines is 1. The number of benzene rings is 1. The lowest BCUT2D eigenvalue weighted by Gasteiger charge is -2.27. The third kappa shape index (κ3) is 8.75. The number of nitrogens with zero attached hydrogens (tertiary/aromatic N) is 6. The molecule has 2 fully saturated rings. The maximum absolute atomic E-state index is 13.3. The first-order valence-electron chi connectivity index (χ1n) is 18.7. The minimum Gasteiger partial charge on any atom is -0.486 e. The maximum atomic E-state index is 13.3. The zero-order valence-corrected chi connectivity index (χ0v) is 31.6. The molecular weight excluding hydrogens is 743 g/mol. The Morgan fingerprint density at radius 1 is 0.982 bits per heavy atom. The van der Waals surface area contributed by atoms with Crippen LogP contribution in [0.5, 0.6) is 11.6 Å². The molecule has 1 aromatic carbocycles. The molecule has 292 valence electrons. The molecule has 1 saturated heterocycles. The van der Waals surface area contributed by atoms with Crippen molar-refractivity contribution in [2.24, 2.45) is 5.92 Å². The molecule has 3 aromatic heterocycles. The van der Waals surface area contributed by atoms with Gasteiger partial charge in [0.1, 0.15) is 34.9 Å². The summed E-state index contributed by atoms with van der Waals surface area (Å²) in [5.41, 5.74) is 1.51. The van der Waals surface area contributed by atoms with Crippen LogP contribution in [0.2, 0.25) is 0 Å². The maximum Gasteiger partial charge on any atom is 0.266 e. The molecule has 0 spiro atoms. The Labute approximate surface area is 325 Å². The smallest absolute Gasteiger partial charge is 0.266 e. The van der Waals surface area contributed by atoms with Crippen molar-refractivity contribution in [2.75, 3.05) is 19.0 Å². The number of amides is 6. The summed E-state index contributed by atoms with van der Waals surface area (Å²) in [4.78, 5) is 85.3. The molecule has 1 atom stereocenters. The van der Waals surface area contributed by atoms with Crippen LogP contribution in [0.3, 0.4) is 0 Å². The number of carbonyl (C=O) groups is 6. The summed E-state index contributed by atoms with van der Waals surface area (Å²) >= 11 is 1.23. The van der Waals surface area contributed by atoms with Gasteiger partial charge in [0, 0.05) is 37.7 Å². The highest BCUT2D eigenvalue weighted by molar-refractivity contribution is 7.17. The van der Waals surface area contributed by atoms with E-state index in [1.807, 2.05) is 0 Å². The minimum atomic E-state index is -1.06. The van der Waals surface area contributed by atoms with E-state index in [4.69, 9.17) is 9.47 Å². The molecule has 1 aliphatic carbocycles. The fourth-order valence-electron chi connectivity index (χ4n) is 6.51. The SMILES string of the molecule is CNC(=O)c1sc(-c2ccnc(NC(=O)C3CC3)c2)nc1OCCCCCCCCn1cc(COc2cccc3c2C(=O)N(C2CCC(=O)NC2=O)C3=O)nn1. The molecule has 2 aliphatic heterocycles. The van der Waals surface area contributed by atoms with Crippen molar-refractivity contribution < 1.29 is 38.2 Å². The number of carbonyl (C=O) groups excluding carboxylic acids is 6. The van der Waals surface area contributed by atoms with Crippen molar-refractivity contribution in [3.8, 4) is 22.2 Å². The Morgan fingerprint density at radius 2 is 1.79 bits per heavy atom. The summed E-state index contributed by atoms with van der Waals surface area (Å²) in [6, 6.07) is 7.19. The largest absolute Gasteiger partial charge is 0.486 e. The van der Waals surface area contributed by atoms with Crippen LogP contribution in [0.1, 0.15) is 100 Å². The van der Waals surface area contributed by atoms with Gasteiger partial charge in [-0.15, -0.1) is 16.4 Å². The summed E-state index contributed by atoms with van der Waals surface area (Å²) in [6.07, 6.45) is 11.0. The Bertz CT molecular complexity index is 2160. The van der Waals surface area contributed by atoms with Gasteiger partial charge in [0.2, 0.25) is 23.6 Å². The van der Waals surface area contributed by atoms with E-state index < -0.39 is 29.7 Å². The first-order chi connectivity index (χ1) is 27.2. The van der Waals surface area contributed by atoms with Gasteiger partial charge < -0.3 is 20.1 Å². The van der Waals surface area contributed by atoms with Gasteiger partial charge in [0.15, 0.2) is 4.88 Å². The Kier molecular flexibility index (Phi) is 11.7. The normalized spacial score (nSPS) is 16.4. The molecule has 4 aromatic rings. The second kappa shape index (κ2) is 17.2. The predicted octanol–water partition coefficient (Wildman–Crippen LogP) is 3.90. The molecule has 7 rings (SSSR count). The average molecular weight is 784 g/mol. The Hall–Kier alpha value is -6.04. The van der Waals surface area contributed by atoms with Gasteiger partial charge in [-0.1, -0.05) is 37.0 Å². The van der Waals surface area contributed by atoms with Crippen LogP contribution in [-0.2, 0) is 27.5 Å². The first-order valence-corrected chi connectivity index (χ1v) is 19.5. The molecule has 0 bridgehead atoms. The van der Waals surface area contributed by atoms with Crippen LogP contribution in [0.25, 0.3) is 10.6 Å². The third-order valence-electron chi connectivity index (χ3n) is 9.65. The molecule has 56 heavy (non-hydrogen) atoms. The van der Waals surface area contributed by atoms with Crippen molar-refractivity contribution in [1.82, 2.24) is 40.5 Å². The highest BCUT2D eigenvalue weighted by Gasteiger charge is 2.46. The molecule has 17 nitrogen and oxygen atoms in total. The molecule has 3 N–H and O–H groups in total. The van der Waals surface area contributed by atoms with Crippen LogP contribution >= 0.6 is 11.3 Å². The van der Waals surface area contributed by atoms with E-state index in [1.54, 1.807) is 48.4 Å². The molecule has 0 radical (unpaired) electrons. The Balaban J connectivity index is 0.814. The number of rotatable bonds is 18. The second-order valence-corrected chi connectivity index (χ2v) is 14.8. The zero-order chi connectivity index (χ0) is 39.2. The Morgan fingerprint density at radius 3 is 2.57 bits per heavy atom. The van der Waals surface area contributed by atoms with Crippen LogP contribution in [0.15, 0.2) is 42.7 Å². The number of piperidine rings is 1. The average Bonchev–Trinajstić information content (AvgIpc) is 3.73. The number of pyridine rings is 1. The van der Waals surface area contributed by atoms with Gasteiger partial charge >= 0.3 is 0 Å². The number of imide groups is 2. The van der Waals surface area contributed by atoms with Crippen LogP contribution in [0.4, 0.5) is 5.82 Å². The topological polar surface area (TPSA) is 217 Å². The zero-order valence-electron chi connectivity index (χ0n) is 30.7. The number of hydrogen-bond donors (Lipinski definition) is 3. The standard InChI is InChI=1S/C38H41N9O8S/c1-39-34(51)31-35(43-36(56-31)23-15-16-40-28(19-23)41-32(49)22-11-12-22)54-18-7-5-3-2-4-6-17-46-20-24(44-45-46)21-55-27-10-8-9-25-30(27)38(53)47(37(25)52)26-13-14-29(48)42-33(26)50/h8-10,15-16,19-20,22,26H,2-7,11-14,17-18,21H2,1H3,(H,39,51)(H,40,41,49)(H,42,48,50). The minimum absolute atomic E-state index is 0.0237. The molecule has 3 aliphatic rings.